The zero-order valence-electron chi connectivity index (χ0n) is 9.83. The van der Waals surface area contributed by atoms with Crippen molar-refractivity contribution in [3.8, 4) is 0 Å². The van der Waals surface area contributed by atoms with Crippen LogP contribution in [0.1, 0.15) is 11.3 Å². The molecule has 2 aromatic rings. The maximum Gasteiger partial charge on any atom is 0.416 e. The molecule has 5 heteroatoms. The first-order valence-electron chi connectivity index (χ1n) is 5.48. The number of rotatable bonds is 3. The van der Waals surface area contributed by atoms with Crippen molar-refractivity contribution in [2.75, 3.05) is 5.32 Å². The smallest absolute Gasteiger partial charge is 0.379 e. The summed E-state index contributed by atoms with van der Waals surface area (Å²) in [6.07, 6.45) is -2.36. The molecule has 0 aliphatic carbocycles. The molecule has 0 amide bonds. The van der Waals surface area contributed by atoms with Gasteiger partial charge in [-0.25, -0.2) is 0 Å². The van der Waals surface area contributed by atoms with Crippen LogP contribution in [0.3, 0.4) is 0 Å². The standard InChI is InChI=1S/C13H13F3N2/c1-18-8-2-3-12(18)9-17-11-6-4-10(5-7-11)13(14,15)16/h2-8,17H,9H2,1H3. The maximum atomic E-state index is 12.4. The van der Waals surface area contributed by atoms with Gasteiger partial charge in [0.2, 0.25) is 0 Å². The SMILES string of the molecule is Cn1cccc1CNc1ccc(C(F)(F)F)cc1. The Bertz CT molecular complexity index is 512. The van der Waals surface area contributed by atoms with Crippen LogP contribution in [0.5, 0.6) is 0 Å². The lowest BCUT2D eigenvalue weighted by atomic mass is 10.2. The first-order chi connectivity index (χ1) is 8.47. The lowest BCUT2D eigenvalue weighted by Gasteiger charge is -2.10. The molecule has 0 fully saturated rings. The zero-order chi connectivity index (χ0) is 13.2. The molecule has 0 unspecified atom stereocenters. The first-order valence-corrected chi connectivity index (χ1v) is 5.48. The lowest BCUT2D eigenvalue weighted by Crippen LogP contribution is -2.06. The van der Waals surface area contributed by atoms with Gasteiger partial charge in [0.05, 0.1) is 12.1 Å². The predicted molar refractivity (Wildman–Crippen MR) is 64.2 cm³/mol. The van der Waals surface area contributed by atoms with E-state index in [2.05, 4.69) is 5.32 Å². The van der Waals surface area contributed by atoms with Gasteiger partial charge in [-0.05, 0) is 36.4 Å². The molecule has 0 saturated heterocycles. The zero-order valence-corrected chi connectivity index (χ0v) is 9.83. The summed E-state index contributed by atoms with van der Waals surface area (Å²) in [6, 6.07) is 8.90. The van der Waals surface area contributed by atoms with Gasteiger partial charge in [-0.2, -0.15) is 13.2 Å². The molecule has 2 rings (SSSR count). The van der Waals surface area contributed by atoms with E-state index in [0.29, 0.717) is 12.2 Å². The van der Waals surface area contributed by atoms with Gasteiger partial charge in [0.15, 0.2) is 0 Å². The summed E-state index contributed by atoms with van der Waals surface area (Å²) < 4.78 is 39.0. The van der Waals surface area contributed by atoms with Gasteiger partial charge in [-0.3, -0.25) is 0 Å². The molecule has 18 heavy (non-hydrogen) atoms. The molecule has 1 heterocycles. The van der Waals surface area contributed by atoms with Crippen LogP contribution in [0.25, 0.3) is 0 Å². The van der Waals surface area contributed by atoms with Crippen molar-refractivity contribution >= 4 is 5.69 Å². The highest BCUT2D eigenvalue weighted by Crippen LogP contribution is 2.29. The van der Waals surface area contributed by atoms with Gasteiger partial charge >= 0.3 is 6.18 Å². The lowest BCUT2D eigenvalue weighted by molar-refractivity contribution is -0.137. The monoisotopic (exact) mass is 254 g/mol. The third kappa shape index (κ3) is 2.85. The fourth-order valence-corrected chi connectivity index (χ4v) is 1.65. The Balaban J connectivity index is 2.01. The Morgan fingerprint density at radius 2 is 1.78 bits per heavy atom. The normalized spacial score (nSPS) is 11.6. The topological polar surface area (TPSA) is 17.0 Å². The predicted octanol–water partition coefficient (Wildman–Crippen LogP) is 3.66. The molecule has 0 radical (unpaired) electrons. The number of hydrogen-bond acceptors (Lipinski definition) is 1. The van der Waals surface area contributed by atoms with Crippen LogP contribution in [-0.2, 0) is 19.8 Å². The molecule has 96 valence electrons. The van der Waals surface area contributed by atoms with Crippen LogP contribution in [0, 0.1) is 0 Å². The van der Waals surface area contributed by atoms with Crippen LogP contribution in [0.2, 0.25) is 0 Å². The Morgan fingerprint density at radius 3 is 2.28 bits per heavy atom. The summed E-state index contributed by atoms with van der Waals surface area (Å²) in [5.41, 5.74) is 1.10. The summed E-state index contributed by atoms with van der Waals surface area (Å²) in [4.78, 5) is 0. The van der Waals surface area contributed by atoms with Gasteiger partial charge < -0.3 is 9.88 Å². The number of alkyl halides is 3. The van der Waals surface area contributed by atoms with E-state index < -0.39 is 11.7 Å². The van der Waals surface area contributed by atoms with Crippen molar-refractivity contribution in [3.63, 3.8) is 0 Å². The summed E-state index contributed by atoms with van der Waals surface area (Å²) in [6.45, 7) is 0.578. The summed E-state index contributed by atoms with van der Waals surface area (Å²) in [5, 5.41) is 3.08. The number of aryl methyl sites for hydroxylation is 1. The number of benzene rings is 1. The molecule has 2 nitrogen and oxygen atoms in total. The van der Waals surface area contributed by atoms with Gasteiger partial charge in [0.25, 0.3) is 0 Å². The van der Waals surface area contributed by atoms with Crippen LogP contribution in [0.15, 0.2) is 42.6 Å². The van der Waals surface area contributed by atoms with Crippen LogP contribution >= 0.6 is 0 Å². The second-order valence-electron chi connectivity index (χ2n) is 4.04. The van der Waals surface area contributed by atoms with Crippen LogP contribution < -0.4 is 5.32 Å². The number of anilines is 1. The summed E-state index contributed by atoms with van der Waals surface area (Å²) >= 11 is 0. The van der Waals surface area contributed by atoms with Crippen molar-refractivity contribution in [1.29, 1.82) is 0 Å². The van der Waals surface area contributed by atoms with E-state index in [-0.39, 0.29) is 0 Å². The van der Waals surface area contributed by atoms with Crippen molar-refractivity contribution in [2.24, 2.45) is 7.05 Å². The molecule has 0 atom stereocenters. The summed E-state index contributed by atoms with van der Waals surface area (Å²) in [5.74, 6) is 0. The minimum absolute atomic E-state index is 0.578. The van der Waals surface area contributed by atoms with Gasteiger partial charge in [0.1, 0.15) is 0 Å². The quantitative estimate of drug-likeness (QED) is 0.884. The van der Waals surface area contributed by atoms with Crippen molar-refractivity contribution in [1.82, 2.24) is 4.57 Å². The van der Waals surface area contributed by atoms with Crippen LogP contribution in [-0.4, -0.2) is 4.57 Å². The number of halogens is 3. The average Bonchev–Trinajstić information content (AvgIpc) is 2.72. The maximum absolute atomic E-state index is 12.4. The minimum Gasteiger partial charge on any atom is -0.379 e. The number of hydrogen-bond donors (Lipinski definition) is 1. The van der Waals surface area contributed by atoms with Crippen LogP contribution in [0.4, 0.5) is 18.9 Å². The molecule has 1 aromatic carbocycles. The second-order valence-corrected chi connectivity index (χ2v) is 4.04. The molecule has 0 bridgehead atoms. The molecule has 1 N–H and O–H groups in total. The number of aromatic nitrogens is 1. The highest BCUT2D eigenvalue weighted by molar-refractivity contribution is 5.45. The molecular formula is C13H13F3N2. The van der Waals surface area contributed by atoms with E-state index >= 15 is 0 Å². The average molecular weight is 254 g/mol. The van der Waals surface area contributed by atoms with Crippen molar-refractivity contribution < 1.29 is 13.2 Å². The Morgan fingerprint density at radius 1 is 1.11 bits per heavy atom. The minimum atomic E-state index is -4.28. The molecular weight excluding hydrogens is 241 g/mol. The largest absolute Gasteiger partial charge is 0.416 e. The second kappa shape index (κ2) is 4.76. The number of nitrogens with zero attached hydrogens (tertiary/aromatic N) is 1. The fraction of sp³-hybridized carbons (Fsp3) is 0.231. The molecule has 0 aliphatic heterocycles. The van der Waals surface area contributed by atoms with E-state index in [1.54, 1.807) is 0 Å². The molecule has 0 aliphatic rings. The highest BCUT2D eigenvalue weighted by atomic mass is 19.4. The van der Waals surface area contributed by atoms with E-state index in [9.17, 15) is 13.2 Å². The highest BCUT2D eigenvalue weighted by Gasteiger charge is 2.29. The van der Waals surface area contributed by atoms with Crippen molar-refractivity contribution in [2.45, 2.75) is 12.7 Å². The van der Waals surface area contributed by atoms with E-state index in [1.165, 1.54) is 12.1 Å². The number of nitrogens with one attached hydrogen (secondary N) is 1. The van der Waals surface area contributed by atoms with Gasteiger partial charge in [-0.15, -0.1) is 0 Å². The fourth-order valence-electron chi connectivity index (χ4n) is 1.65. The Hall–Kier alpha value is -1.91. The molecule has 0 spiro atoms. The van der Waals surface area contributed by atoms with Gasteiger partial charge in [0, 0.05) is 24.6 Å². The summed E-state index contributed by atoms with van der Waals surface area (Å²) in [7, 11) is 1.92. The van der Waals surface area contributed by atoms with E-state index in [0.717, 1.165) is 17.8 Å². The van der Waals surface area contributed by atoms with Gasteiger partial charge in [-0.1, -0.05) is 0 Å². The third-order valence-electron chi connectivity index (χ3n) is 2.74. The van der Waals surface area contributed by atoms with E-state index in [4.69, 9.17) is 0 Å². The first kappa shape index (κ1) is 12.5. The molecule has 1 aromatic heterocycles. The molecule has 0 saturated carbocycles. The van der Waals surface area contributed by atoms with Crippen molar-refractivity contribution in [3.05, 3.63) is 53.9 Å². The third-order valence-corrected chi connectivity index (χ3v) is 2.74. The Kier molecular flexibility index (Phi) is 3.32. The van der Waals surface area contributed by atoms with E-state index in [1.807, 2.05) is 29.9 Å². The Labute approximate surface area is 103 Å².